The number of aliphatic carboxylic acids is 2. The van der Waals surface area contributed by atoms with Gasteiger partial charge < -0.3 is 30.5 Å². The number of imidazole rings is 1. The number of nitrogen functional groups attached to an aromatic ring is 1. The third-order valence-electron chi connectivity index (χ3n) is 5.70. The number of carboxylic acids is 2. The van der Waals surface area contributed by atoms with Gasteiger partial charge in [0.1, 0.15) is 11.6 Å². The van der Waals surface area contributed by atoms with Gasteiger partial charge in [0, 0.05) is 11.3 Å². The SMILES string of the molecule is [N-]=[N+]=N[C@@H]1[C@@H](O)[C@H](n2cnc3c(N)nc(Cl)nc32)O[C@@H]1COC(Cc1ccccc1)(C(=O)O)C(=O)O. The Kier molecular flexibility index (Phi) is 6.92. The summed E-state index contributed by atoms with van der Waals surface area (Å²) < 4.78 is 12.6. The Morgan fingerprint density at radius 3 is 2.61 bits per heavy atom. The van der Waals surface area contributed by atoms with E-state index < -0.39 is 55.0 Å². The van der Waals surface area contributed by atoms with Gasteiger partial charge in [0.25, 0.3) is 5.60 Å². The summed E-state index contributed by atoms with van der Waals surface area (Å²) in [6.07, 6.45) is -3.18. The average Bonchev–Trinajstić information content (AvgIpc) is 3.38. The third-order valence-corrected chi connectivity index (χ3v) is 5.87. The first-order chi connectivity index (χ1) is 17.2. The predicted octanol–water partition coefficient (Wildman–Crippen LogP) is 1.17. The molecule has 16 heteroatoms. The topological polar surface area (TPSA) is 232 Å². The van der Waals surface area contributed by atoms with Crippen molar-refractivity contribution in [3.05, 3.63) is 57.9 Å². The van der Waals surface area contributed by atoms with Crippen molar-refractivity contribution >= 4 is 40.5 Å². The van der Waals surface area contributed by atoms with E-state index in [-0.39, 0.29) is 22.3 Å². The molecule has 5 N–H and O–H groups in total. The molecule has 3 aromatic rings. The quantitative estimate of drug-likeness (QED) is 0.103. The lowest BCUT2D eigenvalue weighted by Crippen LogP contribution is -2.52. The lowest BCUT2D eigenvalue weighted by Gasteiger charge is -2.27. The highest BCUT2D eigenvalue weighted by molar-refractivity contribution is 6.28. The van der Waals surface area contributed by atoms with E-state index >= 15 is 0 Å². The van der Waals surface area contributed by atoms with E-state index in [4.69, 9.17) is 32.3 Å². The van der Waals surface area contributed by atoms with Crippen LogP contribution in [0, 0.1) is 0 Å². The first-order valence-corrected chi connectivity index (χ1v) is 10.7. The van der Waals surface area contributed by atoms with Gasteiger partial charge >= 0.3 is 11.9 Å². The maximum Gasteiger partial charge on any atom is 0.348 e. The number of rotatable bonds is 9. The number of hydrogen-bond donors (Lipinski definition) is 4. The van der Waals surface area contributed by atoms with Crippen LogP contribution in [0.25, 0.3) is 21.6 Å². The lowest BCUT2D eigenvalue weighted by molar-refractivity contribution is -0.188. The second-order valence-corrected chi connectivity index (χ2v) is 8.20. The van der Waals surface area contributed by atoms with Gasteiger partial charge in [0.15, 0.2) is 17.7 Å². The van der Waals surface area contributed by atoms with E-state index in [1.165, 1.54) is 10.9 Å². The monoisotopic (exact) mass is 518 g/mol. The van der Waals surface area contributed by atoms with Crippen LogP contribution in [-0.2, 0) is 25.5 Å². The summed E-state index contributed by atoms with van der Waals surface area (Å²) in [7, 11) is 0. The molecule has 1 aliphatic heterocycles. The molecule has 0 aliphatic carbocycles. The Balaban J connectivity index is 1.64. The van der Waals surface area contributed by atoms with Gasteiger partial charge in [-0.1, -0.05) is 35.4 Å². The van der Waals surface area contributed by atoms with Crippen LogP contribution in [0.1, 0.15) is 11.8 Å². The molecule has 188 valence electrons. The molecule has 4 atom stereocenters. The zero-order valence-corrected chi connectivity index (χ0v) is 19.0. The number of fused-ring (bicyclic) bond motifs is 1. The van der Waals surface area contributed by atoms with Crippen molar-refractivity contribution in [2.24, 2.45) is 5.11 Å². The molecule has 0 spiro atoms. The number of carbonyl (C=O) groups is 2. The van der Waals surface area contributed by atoms with Crippen molar-refractivity contribution < 1.29 is 34.4 Å². The van der Waals surface area contributed by atoms with E-state index in [1.54, 1.807) is 30.3 Å². The second kappa shape index (κ2) is 9.93. The van der Waals surface area contributed by atoms with Crippen LogP contribution < -0.4 is 5.73 Å². The Labute approximate surface area is 206 Å². The molecule has 1 aliphatic rings. The molecular formula is C20H19ClN8O7. The molecule has 0 amide bonds. The van der Waals surface area contributed by atoms with E-state index in [1.807, 2.05) is 0 Å². The van der Waals surface area contributed by atoms with E-state index in [2.05, 4.69) is 25.0 Å². The van der Waals surface area contributed by atoms with Gasteiger partial charge in [0.2, 0.25) is 5.28 Å². The molecule has 0 bridgehead atoms. The van der Waals surface area contributed by atoms with Gasteiger partial charge in [-0.3, -0.25) is 4.57 Å². The number of azide groups is 1. The van der Waals surface area contributed by atoms with E-state index in [9.17, 15) is 24.9 Å². The number of aliphatic hydroxyl groups is 1. The molecule has 1 fully saturated rings. The first-order valence-electron chi connectivity index (χ1n) is 10.4. The Bertz CT molecular complexity index is 1330. The number of ether oxygens (including phenoxy) is 2. The molecule has 1 aromatic carbocycles. The van der Waals surface area contributed by atoms with Crippen LogP contribution in [0.2, 0.25) is 5.28 Å². The molecule has 1 saturated heterocycles. The van der Waals surface area contributed by atoms with Crippen molar-refractivity contribution in [3.63, 3.8) is 0 Å². The number of carboxylic acid groups (broad SMARTS) is 2. The molecule has 4 rings (SSSR count). The van der Waals surface area contributed by atoms with Crippen LogP contribution in [0.4, 0.5) is 5.82 Å². The summed E-state index contributed by atoms with van der Waals surface area (Å²) in [6.45, 7) is -0.646. The summed E-state index contributed by atoms with van der Waals surface area (Å²) in [5.74, 6) is -3.50. The Morgan fingerprint density at radius 2 is 1.97 bits per heavy atom. The summed E-state index contributed by atoms with van der Waals surface area (Å²) in [6, 6.07) is 6.78. The number of nitrogens with two attached hydrogens (primary N) is 1. The van der Waals surface area contributed by atoms with Crippen LogP contribution in [0.3, 0.4) is 0 Å². The fourth-order valence-corrected chi connectivity index (χ4v) is 4.09. The number of benzene rings is 1. The Hall–Kier alpha value is -4.01. The number of hydrogen-bond acceptors (Lipinski definition) is 10. The number of aromatic nitrogens is 4. The van der Waals surface area contributed by atoms with Crippen molar-refractivity contribution in [2.45, 2.75) is 36.5 Å². The molecule has 2 aromatic heterocycles. The zero-order valence-electron chi connectivity index (χ0n) is 18.2. The normalized spacial score (nSPS) is 21.8. The van der Waals surface area contributed by atoms with Crippen molar-refractivity contribution in [1.29, 1.82) is 0 Å². The van der Waals surface area contributed by atoms with Crippen LogP contribution in [-0.4, -0.2) is 77.2 Å². The minimum atomic E-state index is -2.68. The maximum absolute atomic E-state index is 12.1. The van der Waals surface area contributed by atoms with Crippen LogP contribution in [0.5, 0.6) is 0 Å². The molecule has 15 nitrogen and oxygen atoms in total. The number of nitrogens with zero attached hydrogens (tertiary/aromatic N) is 7. The van der Waals surface area contributed by atoms with Crippen LogP contribution in [0.15, 0.2) is 41.8 Å². The molecule has 0 unspecified atom stereocenters. The Morgan fingerprint density at radius 1 is 1.28 bits per heavy atom. The van der Waals surface area contributed by atoms with Crippen molar-refractivity contribution in [1.82, 2.24) is 19.5 Å². The highest BCUT2D eigenvalue weighted by Gasteiger charge is 2.51. The third kappa shape index (κ3) is 4.48. The first kappa shape index (κ1) is 25.1. The maximum atomic E-state index is 12.1. The predicted molar refractivity (Wildman–Crippen MR) is 122 cm³/mol. The lowest BCUT2D eigenvalue weighted by atomic mass is 9.94. The second-order valence-electron chi connectivity index (χ2n) is 7.86. The highest BCUT2D eigenvalue weighted by Crippen LogP contribution is 2.35. The fraction of sp³-hybridized carbons (Fsp3) is 0.350. The van der Waals surface area contributed by atoms with Gasteiger partial charge in [-0.25, -0.2) is 14.6 Å². The van der Waals surface area contributed by atoms with Gasteiger partial charge in [-0.15, -0.1) is 0 Å². The minimum absolute atomic E-state index is 0.0173. The van der Waals surface area contributed by atoms with Gasteiger partial charge in [-0.05, 0) is 22.7 Å². The summed E-state index contributed by atoms with van der Waals surface area (Å²) >= 11 is 5.88. The average molecular weight is 519 g/mol. The summed E-state index contributed by atoms with van der Waals surface area (Å²) in [4.78, 5) is 38.8. The fourth-order valence-electron chi connectivity index (χ4n) is 3.92. The number of halogens is 1. The molecular weight excluding hydrogens is 500 g/mol. The molecule has 3 heterocycles. The van der Waals surface area contributed by atoms with E-state index in [0.29, 0.717) is 5.56 Å². The standard InChI is InChI=1S/C20H19ClN8O7/c21-19-25-14(22)12-15(26-19)29(8-24-12)16-13(30)11(27-28-23)10(36-16)7-35-20(17(31)32,18(33)34)6-9-4-2-1-3-5-9/h1-5,8,10-11,13,16,30H,6-7H2,(H,31,32)(H,33,34)(H2,22,25,26)/t10-,11+,13-,16-/m1/s1. The molecule has 0 radical (unpaired) electrons. The summed E-state index contributed by atoms with van der Waals surface area (Å²) in [5.41, 5.74) is 12.8. The highest BCUT2D eigenvalue weighted by atomic mass is 35.5. The smallest absolute Gasteiger partial charge is 0.348 e. The number of aliphatic hydroxyl groups excluding tert-OH is 1. The molecule has 0 saturated carbocycles. The van der Waals surface area contributed by atoms with Crippen molar-refractivity contribution in [3.8, 4) is 0 Å². The summed E-state index contributed by atoms with van der Waals surface area (Å²) in [5, 5.41) is 33.8. The minimum Gasteiger partial charge on any atom is -0.479 e. The van der Waals surface area contributed by atoms with Crippen LogP contribution >= 0.6 is 11.6 Å². The van der Waals surface area contributed by atoms with Gasteiger partial charge in [-0.2, -0.15) is 9.97 Å². The largest absolute Gasteiger partial charge is 0.479 e. The van der Waals surface area contributed by atoms with Crippen molar-refractivity contribution in [2.75, 3.05) is 12.3 Å². The van der Waals surface area contributed by atoms with Gasteiger partial charge in [0.05, 0.1) is 25.1 Å². The number of anilines is 1. The molecule has 36 heavy (non-hydrogen) atoms. The van der Waals surface area contributed by atoms with E-state index in [0.717, 1.165) is 0 Å². The zero-order chi connectivity index (χ0) is 26.0.